The van der Waals surface area contributed by atoms with Crippen molar-refractivity contribution in [2.75, 3.05) is 11.1 Å². The van der Waals surface area contributed by atoms with Crippen molar-refractivity contribution in [1.29, 1.82) is 5.26 Å². The molecule has 0 saturated carbocycles. The van der Waals surface area contributed by atoms with Gasteiger partial charge in [-0.05, 0) is 35.7 Å². The fraction of sp³-hybridized carbons (Fsp3) is 0.188. The molecule has 3 nitrogen and oxygen atoms in total. The summed E-state index contributed by atoms with van der Waals surface area (Å²) in [6, 6.07) is 15.9. The molecule has 0 saturated heterocycles. The lowest BCUT2D eigenvalue weighted by Crippen LogP contribution is -2.02. The van der Waals surface area contributed by atoms with Crippen LogP contribution in [0.5, 0.6) is 0 Å². The van der Waals surface area contributed by atoms with Gasteiger partial charge in [0.2, 0.25) is 0 Å². The average Bonchev–Trinajstić information content (AvgIpc) is 2.46. The van der Waals surface area contributed by atoms with Gasteiger partial charge in [0.1, 0.15) is 6.07 Å². The van der Waals surface area contributed by atoms with Gasteiger partial charge in [0.25, 0.3) is 0 Å². The Labute approximate surface area is 113 Å². The van der Waals surface area contributed by atoms with Gasteiger partial charge in [0.05, 0.1) is 11.3 Å². The summed E-state index contributed by atoms with van der Waals surface area (Å²) in [5.41, 5.74) is 10.2. The molecule has 0 aliphatic heterocycles. The van der Waals surface area contributed by atoms with E-state index in [9.17, 15) is 0 Å². The van der Waals surface area contributed by atoms with Gasteiger partial charge < -0.3 is 11.1 Å². The maximum absolute atomic E-state index is 9.06. The Balaban J connectivity index is 2.08. The van der Waals surface area contributed by atoms with Crippen LogP contribution in [0.25, 0.3) is 0 Å². The molecule has 3 heteroatoms. The first-order valence-corrected chi connectivity index (χ1v) is 6.34. The van der Waals surface area contributed by atoms with E-state index in [1.165, 1.54) is 11.1 Å². The fourth-order valence-electron chi connectivity index (χ4n) is 1.90. The molecule has 0 amide bonds. The highest BCUT2D eigenvalue weighted by Crippen LogP contribution is 2.18. The third-order valence-corrected chi connectivity index (χ3v) is 3.08. The summed E-state index contributed by atoms with van der Waals surface area (Å²) in [5.74, 6) is 0. The molecule has 2 rings (SSSR count). The van der Waals surface area contributed by atoms with Crippen LogP contribution in [0.2, 0.25) is 0 Å². The Morgan fingerprint density at radius 1 is 1.11 bits per heavy atom. The standard InChI is InChI=1S/C16H17N3/c1-2-12-3-5-13(6-4-12)11-19-16-8-7-15(18)9-14(16)10-17/h3-9,19H,2,11,18H2,1H3. The summed E-state index contributed by atoms with van der Waals surface area (Å²) in [5, 5.41) is 12.3. The van der Waals surface area contributed by atoms with Crippen molar-refractivity contribution < 1.29 is 0 Å². The van der Waals surface area contributed by atoms with E-state index in [0.29, 0.717) is 17.8 Å². The van der Waals surface area contributed by atoms with E-state index in [1.54, 1.807) is 12.1 Å². The van der Waals surface area contributed by atoms with Crippen LogP contribution < -0.4 is 11.1 Å². The molecule has 0 atom stereocenters. The zero-order valence-corrected chi connectivity index (χ0v) is 11.0. The monoisotopic (exact) mass is 251 g/mol. The molecule has 0 radical (unpaired) electrons. The van der Waals surface area contributed by atoms with Crippen LogP contribution in [0.1, 0.15) is 23.6 Å². The zero-order chi connectivity index (χ0) is 13.7. The number of aryl methyl sites for hydroxylation is 1. The molecule has 3 N–H and O–H groups in total. The molecule has 0 bridgehead atoms. The van der Waals surface area contributed by atoms with Crippen molar-refractivity contribution in [3.8, 4) is 6.07 Å². The number of rotatable bonds is 4. The number of hydrogen-bond donors (Lipinski definition) is 2. The molecule has 96 valence electrons. The maximum atomic E-state index is 9.06. The predicted molar refractivity (Wildman–Crippen MR) is 78.7 cm³/mol. The Morgan fingerprint density at radius 2 is 1.79 bits per heavy atom. The number of nitrogen functional groups attached to an aromatic ring is 1. The number of nitrogens with two attached hydrogens (primary N) is 1. The van der Waals surface area contributed by atoms with E-state index in [0.717, 1.165) is 12.1 Å². The highest BCUT2D eigenvalue weighted by molar-refractivity contribution is 5.63. The minimum absolute atomic E-state index is 0.574. The summed E-state index contributed by atoms with van der Waals surface area (Å²) in [6.45, 7) is 2.84. The van der Waals surface area contributed by atoms with Crippen LogP contribution in [0.4, 0.5) is 11.4 Å². The van der Waals surface area contributed by atoms with Crippen LogP contribution in [-0.4, -0.2) is 0 Å². The second kappa shape index (κ2) is 5.92. The molecule has 0 spiro atoms. The first kappa shape index (κ1) is 13.0. The number of benzene rings is 2. The first-order chi connectivity index (χ1) is 9.22. The highest BCUT2D eigenvalue weighted by Gasteiger charge is 2.02. The quantitative estimate of drug-likeness (QED) is 0.819. The molecular formula is C16H17N3. The SMILES string of the molecule is CCc1ccc(CNc2ccc(N)cc2C#N)cc1. The van der Waals surface area contributed by atoms with Crippen molar-refractivity contribution in [2.24, 2.45) is 0 Å². The van der Waals surface area contributed by atoms with E-state index < -0.39 is 0 Å². The minimum Gasteiger partial charge on any atom is -0.399 e. The van der Waals surface area contributed by atoms with Crippen LogP contribution in [0, 0.1) is 11.3 Å². The van der Waals surface area contributed by atoms with E-state index in [1.807, 2.05) is 6.07 Å². The van der Waals surface area contributed by atoms with Crippen LogP contribution >= 0.6 is 0 Å². The molecule has 0 aromatic heterocycles. The number of nitriles is 1. The Bertz CT molecular complexity index is 594. The lowest BCUT2D eigenvalue weighted by Gasteiger charge is -2.09. The molecular weight excluding hydrogens is 234 g/mol. The molecule has 0 fully saturated rings. The molecule has 0 heterocycles. The Morgan fingerprint density at radius 3 is 2.42 bits per heavy atom. The normalized spacial score (nSPS) is 9.89. The van der Waals surface area contributed by atoms with Gasteiger partial charge in [-0.25, -0.2) is 0 Å². The summed E-state index contributed by atoms with van der Waals surface area (Å²) in [6.07, 6.45) is 1.05. The van der Waals surface area contributed by atoms with Gasteiger partial charge in [0.15, 0.2) is 0 Å². The van der Waals surface area contributed by atoms with Crippen molar-refractivity contribution in [3.05, 3.63) is 59.2 Å². The van der Waals surface area contributed by atoms with Gasteiger partial charge in [0, 0.05) is 12.2 Å². The summed E-state index contributed by atoms with van der Waals surface area (Å²) < 4.78 is 0. The van der Waals surface area contributed by atoms with Crippen LogP contribution in [0.3, 0.4) is 0 Å². The second-order valence-corrected chi connectivity index (χ2v) is 4.44. The molecule has 0 unspecified atom stereocenters. The Kier molecular flexibility index (Phi) is 4.04. The molecule has 2 aromatic rings. The minimum atomic E-state index is 0.574. The fourth-order valence-corrected chi connectivity index (χ4v) is 1.90. The van der Waals surface area contributed by atoms with Gasteiger partial charge in [-0.1, -0.05) is 31.2 Å². The van der Waals surface area contributed by atoms with Crippen LogP contribution in [-0.2, 0) is 13.0 Å². The zero-order valence-electron chi connectivity index (χ0n) is 11.0. The van der Waals surface area contributed by atoms with E-state index >= 15 is 0 Å². The number of nitrogens with zero attached hydrogens (tertiary/aromatic N) is 1. The first-order valence-electron chi connectivity index (χ1n) is 6.34. The van der Waals surface area contributed by atoms with Crippen molar-refractivity contribution in [3.63, 3.8) is 0 Å². The van der Waals surface area contributed by atoms with Crippen molar-refractivity contribution >= 4 is 11.4 Å². The third-order valence-electron chi connectivity index (χ3n) is 3.08. The number of hydrogen-bond acceptors (Lipinski definition) is 3. The Hall–Kier alpha value is -2.47. The summed E-state index contributed by atoms with van der Waals surface area (Å²) in [7, 11) is 0. The largest absolute Gasteiger partial charge is 0.399 e. The van der Waals surface area contributed by atoms with Gasteiger partial charge in [-0.2, -0.15) is 5.26 Å². The van der Waals surface area contributed by atoms with Crippen molar-refractivity contribution in [2.45, 2.75) is 19.9 Å². The second-order valence-electron chi connectivity index (χ2n) is 4.44. The van der Waals surface area contributed by atoms with E-state index in [4.69, 9.17) is 11.0 Å². The van der Waals surface area contributed by atoms with E-state index in [2.05, 4.69) is 42.6 Å². The van der Waals surface area contributed by atoms with E-state index in [-0.39, 0.29) is 0 Å². The third kappa shape index (κ3) is 3.26. The average molecular weight is 251 g/mol. The smallest absolute Gasteiger partial charge is 0.101 e. The lowest BCUT2D eigenvalue weighted by molar-refractivity contribution is 1.10. The lowest BCUT2D eigenvalue weighted by atomic mass is 10.1. The number of nitrogens with one attached hydrogen (secondary N) is 1. The summed E-state index contributed by atoms with van der Waals surface area (Å²) in [4.78, 5) is 0. The molecule has 19 heavy (non-hydrogen) atoms. The van der Waals surface area contributed by atoms with Gasteiger partial charge in [-0.3, -0.25) is 0 Å². The molecule has 0 aliphatic rings. The molecule has 0 aliphatic carbocycles. The topological polar surface area (TPSA) is 61.8 Å². The van der Waals surface area contributed by atoms with Gasteiger partial charge in [-0.15, -0.1) is 0 Å². The molecule has 2 aromatic carbocycles. The highest BCUT2D eigenvalue weighted by atomic mass is 14.9. The maximum Gasteiger partial charge on any atom is 0.101 e. The number of anilines is 2. The van der Waals surface area contributed by atoms with Gasteiger partial charge >= 0.3 is 0 Å². The van der Waals surface area contributed by atoms with Crippen molar-refractivity contribution in [1.82, 2.24) is 0 Å². The van der Waals surface area contributed by atoms with Crippen LogP contribution in [0.15, 0.2) is 42.5 Å². The predicted octanol–water partition coefficient (Wildman–Crippen LogP) is 3.31. The summed E-state index contributed by atoms with van der Waals surface area (Å²) >= 11 is 0.